The lowest BCUT2D eigenvalue weighted by molar-refractivity contribution is -0.137. The van der Waals surface area contributed by atoms with Crippen molar-refractivity contribution in [2.75, 3.05) is 0 Å². The van der Waals surface area contributed by atoms with Crippen LogP contribution in [0.25, 0.3) is 23.2 Å². The summed E-state index contributed by atoms with van der Waals surface area (Å²) in [5, 5.41) is 19.7. The first-order valence-corrected chi connectivity index (χ1v) is 7.06. The minimum absolute atomic E-state index is 0.182. The molecule has 7 heteroatoms. The largest absolute Gasteiger partial charge is 0.494 e. The number of aromatic amines is 1. The monoisotopic (exact) mass is 329 g/mol. The van der Waals surface area contributed by atoms with Gasteiger partial charge in [-0.2, -0.15) is 23.4 Å². The number of benzene rings is 2. The Morgan fingerprint density at radius 3 is 2.71 bits per heavy atom. The number of aromatic nitrogens is 1. The van der Waals surface area contributed by atoms with Crippen LogP contribution in [-0.2, 0) is 6.18 Å². The van der Waals surface area contributed by atoms with Crippen molar-refractivity contribution in [2.45, 2.75) is 6.18 Å². The van der Waals surface area contributed by atoms with E-state index in [1.165, 1.54) is 6.07 Å². The van der Waals surface area contributed by atoms with Crippen LogP contribution in [0.3, 0.4) is 0 Å². The quantitative estimate of drug-likeness (QED) is 0.705. The Morgan fingerprint density at radius 2 is 1.92 bits per heavy atom. The predicted molar refractivity (Wildman–Crippen MR) is 83.2 cm³/mol. The summed E-state index contributed by atoms with van der Waals surface area (Å²) in [7, 11) is 0. The average Bonchev–Trinajstić information content (AvgIpc) is 3.10. The average molecular weight is 329 g/mol. The first-order valence-electron chi connectivity index (χ1n) is 7.06. The molecule has 1 aliphatic heterocycles. The maximum Gasteiger partial charge on any atom is 0.416 e. The van der Waals surface area contributed by atoms with E-state index in [1.54, 1.807) is 24.4 Å². The minimum atomic E-state index is -4.44. The number of hydrogen-bond donors (Lipinski definition) is 2. The Kier molecular flexibility index (Phi) is 2.99. The highest BCUT2D eigenvalue weighted by Crippen LogP contribution is 2.35. The number of aromatic hydroxyl groups is 1. The number of nitrogens with zero attached hydrogens (tertiary/aromatic N) is 2. The van der Waals surface area contributed by atoms with E-state index in [-0.39, 0.29) is 5.88 Å². The molecule has 4 rings (SSSR count). The van der Waals surface area contributed by atoms with Crippen LogP contribution in [0.4, 0.5) is 18.9 Å². The van der Waals surface area contributed by atoms with Crippen molar-refractivity contribution in [2.24, 2.45) is 10.2 Å². The van der Waals surface area contributed by atoms with Crippen LogP contribution in [0, 0.1) is 0 Å². The van der Waals surface area contributed by atoms with Crippen LogP contribution >= 0.6 is 0 Å². The third-order valence-electron chi connectivity index (χ3n) is 3.87. The molecular formula is C17H10F3N3O. The number of rotatable bonds is 1. The van der Waals surface area contributed by atoms with Gasteiger partial charge in [0.15, 0.2) is 5.88 Å². The number of azo groups is 1. The van der Waals surface area contributed by atoms with E-state index in [9.17, 15) is 18.3 Å². The van der Waals surface area contributed by atoms with Crippen molar-refractivity contribution in [3.05, 3.63) is 58.0 Å². The summed E-state index contributed by atoms with van der Waals surface area (Å²) in [5.41, 5.74) is 0.649. The summed E-state index contributed by atoms with van der Waals surface area (Å²) >= 11 is 0. The fraction of sp³-hybridized carbons (Fsp3) is 0.0588. The van der Waals surface area contributed by atoms with Crippen LogP contribution in [0.2, 0.25) is 0 Å². The lowest BCUT2D eigenvalue weighted by atomic mass is 10.1. The Balaban J connectivity index is 1.93. The molecule has 24 heavy (non-hydrogen) atoms. The van der Waals surface area contributed by atoms with Crippen molar-refractivity contribution < 1.29 is 18.3 Å². The second kappa shape index (κ2) is 4.95. The van der Waals surface area contributed by atoms with E-state index in [0.717, 1.165) is 17.4 Å². The van der Waals surface area contributed by atoms with Gasteiger partial charge in [-0.15, -0.1) is 0 Å². The van der Waals surface area contributed by atoms with Gasteiger partial charge in [0.2, 0.25) is 0 Å². The third-order valence-corrected chi connectivity index (χ3v) is 3.87. The van der Waals surface area contributed by atoms with Gasteiger partial charge < -0.3 is 10.1 Å². The second-order valence-electron chi connectivity index (χ2n) is 5.45. The molecule has 1 aliphatic rings. The number of fused-ring (bicyclic) bond motifs is 2. The van der Waals surface area contributed by atoms with Crippen LogP contribution < -0.4 is 10.4 Å². The number of H-pyrrole nitrogens is 1. The summed E-state index contributed by atoms with van der Waals surface area (Å²) in [6.45, 7) is 0. The SMILES string of the molecule is Oc1[nH]c2ccc(C(F)(F)F)cc2c1C=c1ccc2c(c1)N=NC=2. The third kappa shape index (κ3) is 2.34. The smallest absolute Gasteiger partial charge is 0.416 e. The highest BCUT2D eigenvalue weighted by molar-refractivity contribution is 5.92. The molecule has 1 aromatic heterocycles. The van der Waals surface area contributed by atoms with Gasteiger partial charge in [-0.05, 0) is 35.6 Å². The molecule has 2 heterocycles. The number of alkyl halides is 3. The molecule has 0 amide bonds. The predicted octanol–water partition coefficient (Wildman–Crippen LogP) is 3.56. The molecule has 0 fully saturated rings. The van der Waals surface area contributed by atoms with Crippen molar-refractivity contribution >= 4 is 28.9 Å². The topological polar surface area (TPSA) is 60.7 Å². The van der Waals surface area contributed by atoms with Gasteiger partial charge in [0.1, 0.15) is 0 Å². The Morgan fingerprint density at radius 1 is 1.08 bits per heavy atom. The van der Waals surface area contributed by atoms with Crippen molar-refractivity contribution in [1.82, 2.24) is 4.98 Å². The molecule has 0 saturated heterocycles. The highest BCUT2D eigenvalue weighted by atomic mass is 19.4. The fourth-order valence-electron chi connectivity index (χ4n) is 2.69. The molecule has 0 bridgehead atoms. The van der Waals surface area contributed by atoms with Crippen LogP contribution in [0.15, 0.2) is 46.6 Å². The minimum Gasteiger partial charge on any atom is -0.494 e. The lowest BCUT2D eigenvalue weighted by Crippen LogP contribution is -2.06. The van der Waals surface area contributed by atoms with Crippen LogP contribution in [-0.4, -0.2) is 10.1 Å². The summed E-state index contributed by atoms with van der Waals surface area (Å²) < 4.78 is 38.8. The molecule has 0 aliphatic carbocycles. The van der Waals surface area contributed by atoms with Gasteiger partial charge in [-0.1, -0.05) is 12.1 Å². The van der Waals surface area contributed by atoms with Gasteiger partial charge in [-0.3, -0.25) is 0 Å². The Hall–Kier alpha value is -3.09. The first kappa shape index (κ1) is 14.5. The summed E-state index contributed by atoms with van der Waals surface area (Å²) in [4.78, 5) is 2.69. The standard InChI is InChI=1S/C17H10F3N3O/c18-17(19,20)11-3-4-14-12(7-11)13(16(24)22-14)5-9-1-2-10-8-21-23-15(10)6-9/h1-8,22,24H. The molecule has 0 atom stereocenters. The molecule has 2 aromatic carbocycles. The molecular weight excluding hydrogens is 319 g/mol. The zero-order valence-corrected chi connectivity index (χ0v) is 12.1. The molecule has 0 saturated carbocycles. The van der Waals surface area contributed by atoms with Crippen molar-refractivity contribution in [3.8, 4) is 5.88 Å². The molecule has 0 radical (unpaired) electrons. The summed E-state index contributed by atoms with van der Waals surface area (Å²) in [6.07, 6.45) is -1.21. The Bertz CT molecular complexity index is 1110. The van der Waals surface area contributed by atoms with Gasteiger partial charge in [0.05, 0.1) is 17.5 Å². The maximum atomic E-state index is 12.9. The fourth-order valence-corrected chi connectivity index (χ4v) is 2.69. The Labute approximate surface area is 133 Å². The van der Waals surface area contributed by atoms with Crippen molar-refractivity contribution in [3.63, 3.8) is 0 Å². The normalized spacial score (nSPS) is 14.2. The molecule has 0 unspecified atom stereocenters. The van der Waals surface area contributed by atoms with E-state index in [0.29, 0.717) is 27.4 Å². The molecule has 3 aromatic rings. The number of hydrogen-bond acceptors (Lipinski definition) is 3. The maximum absolute atomic E-state index is 12.9. The highest BCUT2D eigenvalue weighted by Gasteiger charge is 2.31. The second-order valence-corrected chi connectivity index (χ2v) is 5.45. The van der Waals surface area contributed by atoms with Crippen molar-refractivity contribution in [1.29, 1.82) is 0 Å². The van der Waals surface area contributed by atoms with E-state index in [2.05, 4.69) is 15.2 Å². The van der Waals surface area contributed by atoms with Gasteiger partial charge in [-0.25, -0.2) is 0 Å². The summed E-state index contributed by atoms with van der Waals surface area (Å²) in [5.74, 6) is -0.182. The molecule has 0 spiro atoms. The van der Waals surface area contributed by atoms with Crippen LogP contribution in [0.1, 0.15) is 11.1 Å². The van der Waals surface area contributed by atoms with Gasteiger partial charge in [0, 0.05) is 21.7 Å². The lowest BCUT2D eigenvalue weighted by Gasteiger charge is -2.06. The van der Waals surface area contributed by atoms with E-state index in [1.807, 2.05) is 6.07 Å². The zero-order valence-electron chi connectivity index (χ0n) is 12.1. The summed E-state index contributed by atoms with van der Waals surface area (Å²) in [6, 6.07) is 8.67. The molecule has 4 nitrogen and oxygen atoms in total. The molecule has 120 valence electrons. The van der Waals surface area contributed by atoms with E-state index in [4.69, 9.17) is 0 Å². The van der Waals surface area contributed by atoms with E-state index >= 15 is 0 Å². The van der Waals surface area contributed by atoms with Gasteiger partial charge in [0.25, 0.3) is 0 Å². The number of halogens is 3. The number of nitrogens with one attached hydrogen (secondary N) is 1. The molecule has 2 N–H and O–H groups in total. The first-order chi connectivity index (χ1) is 11.4. The van der Waals surface area contributed by atoms with Gasteiger partial charge >= 0.3 is 6.18 Å². The zero-order chi connectivity index (χ0) is 16.9. The van der Waals surface area contributed by atoms with E-state index < -0.39 is 11.7 Å². The van der Waals surface area contributed by atoms with Crippen LogP contribution in [0.5, 0.6) is 5.88 Å².